The number of nitrogens with zero attached hydrogens (tertiary/aromatic N) is 2. The molecule has 3 aromatic rings. The molecule has 0 spiro atoms. The third-order valence-electron chi connectivity index (χ3n) is 2.94. The van der Waals surface area contributed by atoms with Gasteiger partial charge in [-0.1, -0.05) is 18.2 Å². The van der Waals surface area contributed by atoms with E-state index < -0.39 is 0 Å². The lowest BCUT2D eigenvalue weighted by atomic mass is 10.1. The molecule has 1 N–H and O–H groups in total. The molecule has 0 bridgehead atoms. The second kappa shape index (κ2) is 3.42. The summed E-state index contributed by atoms with van der Waals surface area (Å²) in [7, 11) is 0. The van der Waals surface area contributed by atoms with E-state index in [2.05, 4.69) is 9.97 Å². The summed E-state index contributed by atoms with van der Waals surface area (Å²) in [6.45, 7) is 3.54. The van der Waals surface area contributed by atoms with Gasteiger partial charge in [0.15, 0.2) is 0 Å². The minimum Gasteiger partial charge on any atom is -0.512 e. The molecular weight excluding hydrogens is 212 g/mol. The first-order valence-corrected chi connectivity index (χ1v) is 5.52. The Morgan fingerprint density at radius 1 is 1.12 bits per heavy atom. The fourth-order valence-electron chi connectivity index (χ4n) is 2.20. The predicted octanol–water partition coefficient (Wildman–Crippen LogP) is 2.50. The fraction of sp³-hybridized carbons (Fsp3) is 0.143. The van der Waals surface area contributed by atoms with Crippen molar-refractivity contribution in [3.63, 3.8) is 0 Å². The van der Waals surface area contributed by atoms with Gasteiger partial charge in [-0.3, -0.25) is 0 Å². The molecule has 3 rings (SSSR count). The largest absolute Gasteiger partial charge is 0.512 e. The summed E-state index contributed by atoms with van der Waals surface area (Å²) in [5.74, 6) is 1.01. The summed E-state index contributed by atoms with van der Waals surface area (Å²) < 4.78 is 0. The Bertz CT molecular complexity index is 774. The van der Waals surface area contributed by atoms with Crippen molar-refractivity contribution in [1.82, 2.24) is 9.97 Å². The van der Waals surface area contributed by atoms with Crippen LogP contribution in [0.4, 0.5) is 0 Å². The van der Waals surface area contributed by atoms with Crippen LogP contribution < -0.4 is 5.22 Å². The van der Waals surface area contributed by atoms with Gasteiger partial charge in [-0.25, -0.2) is 9.97 Å². The van der Waals surface area contributed by atoms with Crippen molar-refractivity contribution in [1.29, 1.82) is 0 Å². The quantitative estimate of drug-likeness (QED) is 0.638. The Morgan fingerprint density at radius 2 is 1.94 bits per heavy atom. The van der Waals surface area contributed by atoms with Gasteiger partial charge < -0.3 is 5.11 Å². The number of aliphatic hydroxyl groups excluding tert-OH is 1. The summed E-state index contributed by atoms with van der Waals surface area (Å²) >= 11 is 0. The van der Waals surface area contributed by atoms with E-state index in [-0.39, 0.29) is 5.76 Å². The van der Waals surface area contributed by atoms with Crippen LogP contribution in [0.15, 0.2) is 30.3 Å². The first kappa shape index (κ1) is 10.0. The van der Waals surface area contributed by atoms with E-state index in [1.165, 1.54) is 0 Å². The maximum atomic E-state index is 9.71. The molecule has 3 nitrogen and oxygen atoms in total. The molecule has 0 aliphatic carbocycles. The van der Waals surface area contributed by atoms with Crippen LogP contribution in [0.1, 0.15) is 12.7 Å². The highest BCUT2D eigenvalue weighted by Crippen LogP contribution is 2.21. The molecule has 0 fully saturated rings. The molecule has 17 heavy (non-hydrogen) atoms. The molecule has 3 heteroatoms. The smallest absolute Gasteiger partial charge is 0.126 e. The monoisotopic (exact) mass is 224 g/mol. The number of aliphatic hydroxyl groups is 1. The van der Waals surface area contributed by atoms with Crippen LogP contribution in [-0.2, 0) is 0 Å². The van der Waals surface area contributed by atoms with Gasteiger partial charge in [-0.2, -0.15) is 0 Å². The summed E-state index contributed by atoms with van der Waals surface area (Å²) in [5.41, 5.74) is 1.75. The normalized spacial score (nSPS) is 13.3. The van der Waals surface area contributed by atoms with E-state index in [1.807, 2.05) is 37.3 Å². The maximum absolute atomic E-state index is 9.71. The van der Waals surface area contributed by atoms with Crippen LogP contribution in [0.25, 0.3) is 27.6 Å². The number of hydrogen-bond donors (Lipinski definition) is 1. The highest BCUT2D eigenvalue weighted by molar-refractivity contribution is 6.07. The Kier molecular flexibility index (Phi) is 2.01. The van der Waals surface area contributed by atoms with E-state index >= 15 is 0 Å². The molecule has 0 unspecified atom stereocenters. The molecule has 0 saturated carbocycles. The highest BCUT2D eigenvalue weighted by Gasteiger charge is 2.07. The zero-order chi connectivity index (χ0) is 12.0. The topological polar surface area (TPSA) is 46.0 Å². The van der Waals surface area contributed by atoms with Crippen LogP contribution >= 0.6 is 0 Å². The van der Waals surface area contributed by atoms with Crippen molar-refractivity contribution in [3.8, 4) is 0 Å². The van der Waals surface area contributed by atoms with Crippen LogP contribution in [0, 0.1) is 6.92 Å². The minimum absolute atomic E-state index is 0.287. The van der Waals surface area contributed by atoms with Crippen LogP contribution in [-0.4, -0.2) is 15.1 Å². The molecule has 2 aromatic carbocycles. The number of hydrogen-bond acceptors (Lipinski definition) is 3. The van der Waals surface area contributed by atoms with Crippen LogP contribution in [0.3, 0.4) is 0 Å². The molecule has 0 saturated heterocycles. The van der Waals surface area contributed by atoms with Gasteiger partial charge in [-0.05, 0) is 31.4 Å². The van der Waals surface area contributed by atoms with Gasteiger partial charge >= 0.3 is 0 Å². The lowest BCUT2D eigenvalue weighted by Gasteiger charge is -2.06. The third-order valence-corrected chi connectivity index (χ3v) is 2.94. The van der Waals surface area contributed by atoms with E-state index in [4.69, 9.17) is 0 Å². The van der Waals surface area contributed by atoms with Gasteiger partial charge in [0.2, 0.25) is 0 Å². The molecule has 0 atom stereocenters. The molecule has 1 aromatic heterocycles. The predicted molar refractivity (Wildman–Crippen MR) is 68.7 cm³/mol. The fourth-order valence-corrected chi connectivity index (χ4v) is 2.20. The average molecular weight is 224 g/mol. The highest BCUT2D eigenvalue weighted by atomic mass is 16.3. The number of aromatic nitrogens is 2. The van der Waals surface area contributed by atoms with Gasteiger partial charge in [0.1, 0.15) is 5.82 Å². The van der Waals surface area contributed by atoms with Crippen molar-refractivity contribution >= 4 is 27.6 Å². The third kappa shape index (κ3) is 1.43. The Labute approximate surface area is 98.4 Å². The zero-order valence-electron chi connectivity index (χ0n) is 9.73. The summed E-state index contributed by atoms with van der Waals surface area (Å²) in [6, 6.07) is 9.88. The second-order valence-corrected chi connectivity index (χ2v) is 4.19. The van der Waals surface area contributed by atoms with Crippen molar-refractivity contribution in [2.24, 2.45) is 0 Å². The molecular formula is C14H12N2O. The van der Waals surface area contributed by atoms with Gasteiger partial charge in [0.05, 0.1) is 16.8 Å². The lowest BCUT2D eigenvalue weighted by Crippen LogP contribution is -2.09. The van der Waals surface area contributed by atoms with Crippen LogP contribution in [0.5, 0.6) is 0 Å². The number of rotatable bonds is 0. The number of aryl methyl sites for hydroxylation is 1. The van der Waals surface area contributed by atoms with Gasteiger partial charge in [-0.15, -0.1) is 0 Å². The van der Waals surface area contributed by atoms with E-state index in [0.29, 0.717) is 0 Å². The Morgan fingerprint density at radius 3 is 2.71 bits per heavy atom. The summed E-state index contributed by atoms with van der Waals surface area (Å²) in [6.07, 6.45) is 0. The standard InChI is InChI=1S/C14H12N2O/c1-8(17)11-7-6-10-4-3-5-12-13(10)14(11)16-9(2)15-12/h3-7,17H,1-2H3/b11-8-. The zero-order valence-corrected chi connectivity index (χ0v) is 9.73. The van der Waals surface area contributed by atoms with Crippen molar-refractivity contribution in [2.45, 2.75) is 13.8 Å². The van der Waals surface area contributed by atoms with E-state index in [0.717, 1.165) is 32.8 Å². The van der Waals surface area contributed by atoms with E-state index in [9.17, 15) is 5.11 Å². The average Bonchev–Trinajstić information content (AvgIpc) is 2.28. The Balaban J connectivity index is 2.72. The maximum Gasteiger partial charge on any atom is 0.126 e. The van der Waals surface area contributed by atoms with Crippen molar-refractivity contribution < 1.29 is 5.11 Å². The van der Waals surface area contributed by atoms with Crippen molar-refractivity contribution in [2.75, 3.05) is 0 Å². The molecule has 0 aliphatic heterocycles. The molecule has 0 aliphatic rings. The van der Waals surface area contributed by atoms with Crippen molar-refractivity contribution in [3.05, 3.63) is 41.4 Å². The minimum atomic E-state index is 0.287. The first-order chi connectivity index (χ1) is 8.16. The number of benzene rings is 2. The van der Waals surface area contributed by atoms with Gasteiger partial charge in [0.25, 0.3) is 0 Å². The molecule has 0 radical (unpaired) electrons. The van der Waals surface area contributed by atoms with Gasteiger partial charge in [0, 0.05) is 10.6 Å². The second-order valence-electron chi connectivity index (χ2n) is 4.19. The molecule has 0 amide bonds. The SMILES string of the molecule is C/C(O)=c1\ccc2cccc3nc(C)nc1c23. The van der Waals surface area contributed by atoms with E-state index in [1.54, 1.807) is 6.92 Å². The Hall–Kier alpha value is -2.16. The summed E-state index contributed by atoms with van der Waals surface area (Å²) in [4.78, 5) is 8.88. The summed E-state index contributed by atoms with van der Waals surface area (Å²) in [5, 5.41) is 12.6. The lowest BCUT2D eigenvalue weighted by molar-refractivity contribution is 0.499. The first-order valence-electron chi connectivity index (χ1n) is 5.52. The molecule has 84 valence electrons. The van der Waals surface area contributed by atoms with Crippen LogP contribution in [0.2, 0.25) is 0 Å². The molecule has 1 heterocycles.